The summed E-state index contributed by atoms with van der Waals surface area (Å²) in [6, 6.07) is 0. The fraction of sp³-hybridized carbons (Fsp3) is 0.917. The molecule has 0 aromatic heterocycles. The fourth-order valence-electron chi connectivity index (χ4n) is 9.12. The Balaban J connectivity index is 0.000000301. The molecule has 0 heterocycles. The molecule has 26 heavy (non-hydrogen) atoms. The Morgan fingerprint density at radius 2 is 1.15 bits per heavy atom. The molecule has 0 radical (unpaired) electrons. The average molecular weight is 467 g/mol. The molecule has 3 atom stereocenters. The zero-order chi connectivity index (χ0) is 16.4. The molecular formula is C24H41PPd. The van der Waals surface area contributed by atoms with Crippen LogP contribution in [0.5, 0.6) is 0 Å². The maximum absolute atomic E-state index is 3.60. The van der Waals surface area contributed by atoms with Crippen molar-refractivity contribution in [3.63, 3.8) is 0 Å². The number of hydrogen-bond donors (Lipinski definition) is 0. The van der Waals surface area contributed by atoms with Crippen molar-refractivity contribution in [3.8, 4) is 0 Å². The SMILES string of the molecule is P.[CH-]1C2CC3CC(C2)CC1(C12CC4CC(CC(C4)C1)C2)C3.[CH2-]CCC.[Pd+2]. The van der Waals surface area contributed by atoms with E-state index in [4.69, 9.17) is 0 Å². The van der Waals surface area contributed by atoms with Crippen LogP contribution in [0.1, 0.15) is 90.4 Å². The molecule has 0 spiro atoms. The van der Waals surface area contributed by atoms with E-state index in [1.165, 1.54) is 6.42 Å². The van der Waals surface area contributed by atoms with E-state index in [2.05, 4.69) is 20.3 Å². The van der Waals surface area contributed by atoms with Crippen LogP contribution in [0.25, 0.3) is 0 Å². The maximum atomic E-state index is 3.60. The number of hydrogen-bond acceptors (Lipinski definition) is 0. The minimum atomic E-state index is 0. The van der Waals surface area contributed by atoms with Crippen molar-refractivity contribution in [2.75, 3.05) is 0 Å². The van der Waals surface area contributed by atoms with Crippen LogP contribution in [0, 0.1) is 59.7 Å². The molecule has 8 aliphatic carbocycles. The van der Waals surface area contributed by atoms with Gasteiger partial charge in [-0.2, -0.15) is 22.2 Å². The molecule has 8 saturated carbocycles. The average Bonchev–Trinajstić information content (AvgIpc) is 2.52. The van der Waals surface area contributed by atoms with E-state index in [0.29, 0.717) is 0 Å². The molecule has 8 aliphatic rings. The molecule has 0 amide bonds. The first-order valence-corrected chi connectivity index (χ1v) is 11.3. The van der Waals surface area contributed by atoms with E-state index in [0.717, 1.165) is 52.8 Å². The number of unbranched alkanes of at least 4 members (excludes halogenated alkanes) is 1. The van der Waals surface area contributed by atoms with Crippen molar-refractivity contribution in [1.29, 1.82) is 0 Å². The van der Waals surface area contributed by atoms with Crippen LogP contribution < -0.4 is 0 Å². The van der Waals surface area contributed by atoms with Crippen LogP contribution in [0.4, 0.5) is 0 Å². The molecule has 0 aliphatic heterocycles. The smallest absolute Gasteiger partial charge is 0.343 e. The van der Waals surface area contributed by atoms with Crippen molar-refractivity contribution in [1.82, 2.24) is 0 Å². The molecule has 0 aromatic rings. The summed E-state index contributed by atoms with van der Waals surface area (Å²) in [5.74, 6) is 6.72. The largest absolute Gasteiger partial charge is 2.00 e. The Kier molecular flexibility index (Phi) is 6.77. The zero-order valence-corrected chi connectivity index (χ0v) is 19.9. The van der Waals surface area contributed by atoms with Gasteiger partial charge in [0.05, 0.1) is 0 Å². The quantitative estimate of drug-likeness (QED) is 0.235. The fourth-order valence-corrected chi connectivity index (χ4v) is 9.12. The molecule has 8 fully saturated rings. The van der Waals surface area contributed by atoms with E-state index in [1.54, 1.807) is 70.6 Å². The van der Waals surface area contributed by atoms with Crippen molar-refractivity contribution < 1.29 is 20.4 Å². The van der Waals surface area contributed by atoms with Crippen LogP contribution in [0.15, 0.2) is 0 Å². The molecule has 0 N–H and O–H groups in total. The van der Waals surface area contributed by atoms with E-state index >= 15 is 0 Å². The molecule has 3 unspecified atom stereocenters. The van der Waals surface area contributed by atoms with Crippen molar-refractivity contribution in [2.45, 2.75) is 90.4 Å². The maximum Gasteiger partial charge on any atom is 2.00 e. The van der Waals surface area contributed by atoms with Gasteiger partial charge in [0.25, 0.3) is 0 Å². The monoisotopic (exact) mass is 466 g/mol. The summed E-state index contributed by atoms with van der Waals surface area (Å²) in [4.78, 5) is 0. The molecule has 8 bridgehead atoms. The summed E-state index contributed by atoms with van der Waals surface area (Å²) in [5, 5.41) is 0. The van der Waals surface area contributed by atoms with E-state index < -0.39 is 0 Å². The predicted molar refractivity (Wildman–Crippen MR) is 112 cm³/mol. The molecule has 2 heteroatoms. The normalized spacial score (nSPS) is 51.9. The minimum absolute atomic E-state index is 0. The van der Waals surface area contributed by atoms with Crippen LogP contribution in [-0.4, -0.2) is 0 Å². The summed E-state index contributed by atoms with van der Waals surface area (Å²) in [7, 11) is 0. The van der Waals surface area contributed by atoms with Gasteiger partial charge in [-0.05, 0) is 74.5 Å². The third-order valence-corrected chi connectivity index (χ3v) is 9.25. The van der Waals surface area contributed by atoms with Crippen LogP contribution >= 0.6 is 9.90 Å². The van der Waals surface area contributed by atoms with E-state index in [1.807, 2.05) is 0 Å². The van der Waals surface area contributed by atoms with Gasteiger partial charge in [0.1, 0.15) is 0 Å². The summed E-state index contributed by atoms with van der Waals surface area (Å²) in [5.41, 5.74) is 1.54. The summed E-state index contributed by atoms with van der Waals surface area (Å²) in [6.45, 7) is 5.72. The molecule has 8 rings (SSSR count). The van der Waals surface area contributed by atoms with Crippen molar-refractivity contribution >= 4 is 9.90 Å². The van der Waals surface area contributed by atoms with E-state index in [9.17, 15) is 0 Å². The second-order valence-electron chi connectivity index (χ2n) is 11.0. The molecule has 0 nitrogen and oxygen atoms in total. The van der Waals surface area contributed by atoms with Crippen LogP contribution in [0.3, 0.4) is 0 Å². The van der Waals surface area contributed by atoms with Gasteiger partial charge in [-0.15, -0.1) is 5.41 Å². The van der Waals surface area contributed by atoms with Gasteiger partial charge >= 0.3 is 20.4 Å². The van der Waals surface area contributed by atoms with Gasteiger partial charge in [-0.25, -0.2) is 0 Å². The summed E-state index contributed by atoms with van der Waals surface area (Å²) in [6.07, 6.45) is 23.0. The Hall–Kier alpha value is 1.09. The minimum Gasteiger partial charge on any atom is -0.343 e. The van der Waals surface area contributed by atoms with Gasteiger partial charge in [-0.1, -0.05) is 44.4 Å². The van der Waals surface area contributed by atoms with Crippen LogP contribution in [0.2, 0.25) is 0 Å². The first-order valence-electron chi connectivity index (χ1n) is 11.3. The van der Waals surface area contributed by atoms with Crippen molar-refractivity contribution in [2.24, 2.45) is 46.3 Å². The topological polar surface area (TPSA) is 0 Å². The first-order chi connectivity index (χ1) is 11.6. The summed E-state index contributed by atoms with van der Waals surface area (Å²) < 4.78 is 0. The third kappa shape index (κ3) is 3.44. The summed E-state index contributed by atoms with van der Waals surface area (Å²) >= 11 is 0. The Morgan fingerprint density at radius 1 is 0.769 bits per heavy atom. The van der Waals surface area contributed by atoms with Gasteiger partial charge in [-0.3, -0.25) is 0 Å². The predicted octanol–water partition coefficient (Wildman–Crippen LogP) is 6.91. The first kappa shape index (κ1) is 21.8. The van der Waals surface area contributed by atoms with Gasteiger partial charge < -0.3 is 13.3 Å². The van der Waals surface area contributed by atoms with Crippen LogP contribution in [-0.2, 0) is 20.4 Å². The van der Waals surface area contributed by atoms with Gasteiger partial charge in [0, 0.05) is 0 Å². The molecule has 152 valence electrons. The second-order valence-corrected chi connectivity index (χ2v) is 11.0. The van der Waals surface area contributed by atoms with Crippen molar-refractivity contribution in [3.05, 3.63) is 13.3 Å². The van der Waals surface area contributed by atoms with Gasteiger partial charge in [0.2, 0.25) is 0 Å². The molecule has 0 aromatic carbocycles. The van der Waals surface area contributed by atoms with Gasteiger partial charge in [0.15, 0.2) is 0 Å². The molecule has 0 saturated heterocycles. The zero-order valence-electron chi connectivity index (χ0n) is 17.0. The standard InChI is InChI=1S/C20H29.C4H9.H3P.Pd/c1-13-2-15-3-14(1)8-19(7-13,9-15)20-10-16-4-17(11-20)6-18(5-16)12-20;1-3-4-2;;/h7,13-18H,1-6,8-12H2;1,3-4H2,2H3;1H3;/q2*-1;;+2. The Bertz CT molecular complexity index is 370. The third-order valence-electron chi connectivity index (χ3n) is 9.25. The Morgan fingerprint density at radius 3 is 1.50 bits per heavy atom. The Labute approximate surface area is 180 Å². The second kappa shape index (κ2) is 8.08. The number of rotatable bonds is 2. The molecular weight excluding hydrogens is 426 g/mol. The van der Waals surface area contributed by atoms with E-state index in [-0.39, 0.29) is 30.3 Å².